The third-order valence-electron chi connectivity index (χ3n) is 1.64. The number of amides is 1. The smallest absolute Gasteiger partial charge is 0.303 e. The van der Waals surface area contributed by atoms with Crippen molar-refractivity contribution in [2.75, 3.05) is 0 Å². The number of carbonyl (C=O) groups excluding carboxylic acids is 1. The number of nitrogens with one attached hydrogen (secondary N) is 1. The monoisotopic (exact) mass is 197 g/mol. The predicted molar refractivity (Wildman–Crippen MR) is 52.5 cm³/mol. The average molecular weight is 197 g/mol. The molecule has 0 saturated carbocycles. The normalized spacial score (nSPS) is 11.0. The van der Waals surface area contributed by atoms with Gasteiger partial charge in [-0.3, -0.25) is 9.59 Å². The van der Waals surface area contributed by atoms with Crippen LogP contribution in [0.3, 0.4) is 0 Å². The summed E-state index contributed by atoms with van der Waals surface area (Å²) in [7, 11) is 0. The van der Waals surface area contributed by atoms with Crippen molar-refractivity contribution in [3.05, 3.63) is 0 Å². The van der Waals surface area contributed by atoms with Crippen molar-refractivity contribution in [1.29, 1.82) is 0 Å². The molecule has 0 radical (unpaired) electrons. The molecule has 2 N–H and O–H groups in total. The molecule has 0 aromatic carbocycles. The van der Waals surface area contributed by atoms with Gasteiger partial charge < -0.3 is 10.4 Å². The molecule has 0 aromatic rings. The first kappa shape index (κ1) is 12.5. The van der Waals surface area contributed by atoms with Gasteiger partial charge in [0.2, 0.25) is 0 Å². The van der Waals surface area contributed by atoms with Gasteiger partial charge in [-0.1, -0.05) is 5.92 Å². The Hall–Kier alpha value is -1.50. The van der Waals surface area contributed by atoms with Crippen molar-refractivity contribution in [1.82, 2.24) is 5.32 Å². The van der Waals surface area contributed by atoms with Crippen LogP contribution in [-0.4, -0.2) is 23.0 Å². The molecule has 0 fully saturated rings. The number of hydrogen-bond acceptors (Lipinski definition) is 2. The van der Waals surface area contributed by atoms with Crippen LogP contribution in [0.5, 0.6) is 0 Å². The molecule has 0 rings (SSSR count). The van der Waals surface area contributed by atoms with Crippen molar-refractivity contribution in [2.45, 2.75) is 39.2 Å². The maximum atomic E-state index is 10.9. The molecule has 78 valence electrons. The molecular weight excluding hydrogens is 182 g/mol. The van der Waals surface area contributed by atoms with E-state index in [4.69, 9.17) is 5.11 Å². The number of aliphatic carboxylic acids is 1. The maximum Gasteiger partial charge on any atom is 0.303 e. The predicted octanol–water partition coefficient (Wildman–Crippen LogP) is 0.769. The van der Waals surface area contributed by atoms with Gasteiger partial charge in [0.15, 0.2) is 0 Å². The molecule has 0 spiro atoms. The average Bonchev–Trinajstić information content (AvgIpc) is 2.03. The van der Waals surface area contributed by atoms with Crippen molar-refractivity contribution < 1.29 is 14.7 Å². The highest BCUT2D eigenvalue weighted by molar-refractivity contribution is 5.93. The second-order valence-electron chi connectivity index (χ2n) is 3.04. The van der Waals surface area contributed by atoms with Gasteiger partial charge in [0, 0.05) is 12.5 Å². The summed E-state index contributed by atoms with van der Waals surface area (Å²) in [5.41, 5.74) is 0. The lowest BCUT2D eigenvalue weighted by Gasteiger charge is -2.10. The molecule has 0 bridgehead atoms. The summed E-state index contributed by atoms with van der Waals surface area (Å²) < 4.78 is 0. The van der Waals surface area contributed by atoms with Crippen LogP contribution in [0, 0.1) is 11.8 Å². The van der Waals surface area contributed by atoms with Gasteiger partial charge in [0.25, 0.3) is 5.91 Å². The van der Waals surface area contributed by atoms with E-state index in [2.05, 4.69) is 17.2 Å². The van der Waals surface area contributed by atoms with E-state index in [-0.39, 0.29) is 18.4 Å². The fourth-order valence-corrected chi connectivity index (χ4v) is 1.01. The Labute approximate surface area is 83.7 Å². The summed E-state index contributed by atoms with van der Waals surface area (Å²) >= 11 is 0. The Kier molecular flexibility index (Phi) is 6.21. The lowest BCUT2D eigenvalue weighted by molar-refractivity contribution is -0.137. The SMILES string of the molecule is CC#CC(=O)NC(C)CCCC(=O)O. The highest BCUT2D eigenvalue weighted by Gasteiger charge is 2.05. The quantitative estimate of drug-likeness (QED) is 0.640. The van der Waals surface area contributed by atoms with E-state index in [1.807, 2.05) is 6.92 Å². The molecule has 1 amide bonds. The highest BCUT2D eigenvalue weighted by Crippen LogP contribution is 1.99. The zero-order chi connectivity index (χ0) is 11.0. The molecular formula is C10H15NO3. The number of carbonyl (C=O) groups is 2. The molecule has 1 atom stereocenters. The Bertz CT molecular complexity index is 262. The van der Waals surface area contributed by atoms with Crippen LogP contribution in [0.2, 0.25) is 0 Å². The second kappa shape index (κ2) is 6.96. The third-order valence-corrected chi connectivity index (χ3v) is 1.64. The van der Waals surface area contributed by atoms with Crippen LogP contribution in [0.25, 0.3) is 0 Å². The number of rotatable bonds is 5. The molecule has 14 heavy (non-hydrogen) atoms. The standard InChI is InChI=1S/C10H15NO3/c1-3-5-9(12)11-8(2)6-4-7-10(13)14/h8H,4,6-7H2,1-2H3,(H,11,12)(H,13,14). The summed E-state index contributed by atoms with van der Waals surface area (Å²) in [5, 5.41) is 11.0. The van der Waals surface area contributed by atoms with Crippen LogP contribution in [0.15, 0.2) is 0 Å². The van der Waals surface area contributed by atoms with Gasteiger partial charge in [0.05, 0.1) is 0 Å². The first-order valence-electron chi connectivity index (χ1n) is 4.51. The van der Waals surface area contributed by atoms with Gasteiger partial charge >= 0.3 is 5.97 Å². The summed E-state index contributed by atoms with van der Waals surface area (Å²) in [4.78, 5) is 21.1. The zero-order valence-corrected chi connectivity index (χ0v) is 8.46. The Balaban J connectivity index is 3.63. The molecule has 0 aliphatic heterocycles. The van der Waals surface area contributed by atoms with E-state index in [9.17, 15) is 9.59 Å². The Morgan fingerprint density at radius 3 is 2.64 bits per heavy atom. The number of carboxylic acids is 1. The van der Waals surface area contributed by atoms with Gasteiger partial charge in [-0.15, -0.1) is 0 Å². The van der Waals surface area contributed by atoms with E-state index >= 15 is 0 Å². The molecule has 4 nitrogen and oxygen atoms in total. The Morgan fingerprint density at radius 1 is 1.50 bits per heavy atom. The Morgan fingerprint density at radius 2 is 2.14 bits per heavy atom. The van der Waals surface area contributed by atoms with Crippen molar-refractivity contribution in [2.24, 2.45) is 0 Å². The molecule has 0 aromatic heterocycles. The third kappa shape index (κ3) is 7.17. The summed E-state index contributed by atoms with van der Waals surface area (Å²) in [6.07, 6.45) is 1.36. The largest absolute Gasteiger partial charge is 0.481 e. The van der Waals surface area contributed by atoms with Crippen molar-refractivity contribution >= 4 is 11.9 Å². The minimum absolute atomic E-state index is 0.0253. The molecule has 0 aliphatic rings. The zero-order valence-electron chi connectivity index (χ0n) is 8.46. The lowest BCUT2D eigenvalue weighted by atomic mass is 10.1. The summed E-state index contributed by atoms with van der Waals surface area (Å²) in [6, 6.07) is -0.0253. The van der Waals surface area contributed by atoms with Crippen molar-refractivity contribution in [3.63, 3.8) is 0 Å². The van der Waals surface area contributed by atoms with E-state index in [1.54, 1.807) is 6.92 Å². The minimum Gasteiger partial charge on any atom is -0.481 e. The van der Waals surface area contributed by atoms with Crippen LogP contribution >= 0.6 is 0 Å². The lowest BCUT2D eigenvalue weighted by Crippen LogP contribution is -2.31. The summed E-state index contributed by atoms with van der Waals surface area (Å²) in [5.74, 6) is 3.73. The van der Waals surface area contributed by atoms with Gasteiger partial charge in [0.1, 0.15) is 0 Å². The number of carboxylic acid groups (broad SMARTS) is 1. The van der Waals surface area contributed by atoms with Crippen LogP contribution in [0.1, 0.15) is 33.1 Å². The van der Waals surface area contributed by atoms with E-state index < -0.39 is 5.97 Å². The first-order chi connectivity index (χ1) is 6.56. The second-order valence-corrected chi connectivity index (χ2v) is 3.04. The van der Waals surface area contributed by atoms with Gasteiger partial charge in [-0.25, -0.2) is 0 Å². The molecule has 0 saturated heterocycles. The van der Waals surface area contributed by atoms with Crippen LogP contribution < -0.4 is 5.32 Å². The molecule has 0 heterocycles. The van der Waals surface area contributed by atoms with Crippen molar-refractivity contribution in [3.8, 4) is 11.8 Å². The molecule has 4 heteroatoms. The van der Waals surface area contributed by atoms with E-state index in [1.165, 1.54) is 0 Å². The fraction of sp³-hybridized carbons (Fsp3) is 0.600. The van der Waals surface area contributed by atoms with E-state index in [0.29, 0.717) is 12.8 Å². The first-order valence-corrected chi connectivity index (χ1v) is 4.51. The minimum atomic E-state index is -0.808. The van der Waals surface area contributed by atoms with E-state index in [0.717, 1.165) is 0 Å². The topological polar surface area (TPSA) is 66.4 Å². The van der Waals surface area contributed by atoms with Gasteiger partial charge in [-0.05, 0) is 32.6 Å². The highest BCUT2D eigenvalue weighted by atomic mass is 16.4. The molecule has 1 unspecified atom stereocenters. The van der Waals surface area contributed by atoms with Crippen LogP contribution in [0.4, 0.5) is 0 Å². The summed E-state index contributed by atoms with van der Waals surface area (Å²) in [6.45, 7) is 3.42. The van der Waals surface area contributed by atoms with Gasteiger partial charge in [-0.2, -0.15) is 0 Å². The number of hydrogen-bond donors (Lipinski definition) is 2. The maximum absolute atomic E-state index is 10.9. The molecule has 0 aliphatic carbocycles. The van der Waals surface area contributed by atoms with Crippen LogP contribution in [-0.2, 0) is 9.59 Å². The fourth-order valence-electron chi connectivity index (χ4n) is 1.01.